The molecular weight excluding hydrogens is 308 g/mol. The molecule has 0 bridgehead atoms. The zero-order valence-corrected chi connectivity index (χ0v) is 13.7. The molecule has 2 fully saturated rings. The van der Waals surface area contributed by atoms with Crippen LogP contribution in [0, 0.1) is 0 Å². The number of rotatable bonds is 2. The average molecular weight is 330 g/mol. The fourth-order valence-corrected chi connectivity index (χ4v) is 3.19. The Kier molecular flexibility index (Phi) is 4.69. The van der Waals surface area contributed by atoms with Gasteiger partial charge in [0.25, 0.3) is 0 Å². The zero-order valence-electron chi connectivity index (χ0n) is 13.7. The van der Waals surface area contributed by atoms with E-state index in [1.807, 2.05) is 25.1 Å². The number of hydrogen-bond acceptors (Lipinski definition) is 3. The molecule has 7 nitrogen and oxygen atoms in total. The number of nitrogens with one attached hydrogen (secondary N) is 2. The number of anilines is 2. The first-order valence-electron chi connectivity index (χ1n) is 8.30. The van der Waals surface area contributed by atoms with Crippen LogP contribution in [0.1, 0.15) is 26.2 Å². The number of nitrogens with zero attached hydrogens (tertiary/aromatic N) is 2. The number of carbonyl (C=O) groups is 3. The van der Waals surface area contributed by atoms with Gasteiger partial charge in [-0.2, -0.15) is 0 Å². The maximum absolute atomic E-state index is 12.7. The van der Waals surface area contributed by atoms with Gasteiger partial charge in [-0.1, -0.05) is 12.1 Å². The minimum Gasteiger partial charge on any atom is -0.354 e. The van der Waals surface area contributed by atoms with Gasteiger partial charge in [0.2, 0.25) is 11.8 Å². The molecule has 3 rings (SSSR count). The molecule has 0 radical (unpaired) electrons. The second kappa shape index (κ2) is 6.90. The summed E-state index contributed by atoms with van der Waals surface area (Å²) in [4.78, 5) is 39.6. The van der Waals surface area contributed by atoms with Crippen LogP contribution in [0.4, 0.5) is 16.2 Å². The van der Waals surface area contributed by atoms with E-state index in [9.17, 15) is 14.4 Å². The highest BCUT2D eigenvalue weighted by Gasteiger charge is 2.27. The van der Waals surface area contributed by atoms with Crippen LogP contribution in [0.3, 0.4) is 0 Å². The van der Waals surface area contributed by atoms with Crippen LogP contribution in [0.25, 0.3) is 0 Å². The molecule has 1 aromatic rings. The monoisotopic (exact) mass is 330 g/mol. The minimum atomic E-state index is -0.252. The second-order valence-electron chi connectivity index (χ2n) is 6.19. The molecule has 0 saturated carbocycles. The largest absolute Gasteiger partial charge is 0.354 e. The Morgan fingerprint density at radius 2 is 2.04 bits per heavy atom. The smallest absolute Gasteiger partial charge is 0.322 e. The van der Waals surface area contributed by atoms with Gasteiger partial charge in [0, 0.05) is 38.5 Å². The molecule has 0 unspecified atom stereocenters. The standard InChI is InChI=1S/C17H22N4O3/c1-12-11-15(22)18-8-10-20(12)17(24)19-13-5-2-3-6-14(13)21-9-4-7-16(21)23/h2-3,5-6,12H,4,7-11H2,1H3,(H,18,22)(H,19,24)/t12-/m0/s1. The third-order valence-electron chi connectivity index (χ3n) is 4.46. The normalized spacial score (nSPS) is 21.5. The van der Waals surface area contributed by atoms with Gasteiger partial charge in [0.05, 0.1) is 11.4 Å². The van der Waals surface area contributed by atoms with E-state index in [1.54, 1.807) is 15.9 Å². The molecule has 2 heterocycles. The molecule has 2 aliphatic heterocycles. The minimum absolute atomic E-state index is 0.0409. The van der Waals surface area contributed by atoms with Crippen LogP contribution in [0.15, 0.2) is 24.3 Å². The molecule has 0 aliphatic carbocycles. The predicted octanol–water partition coefficient (Wildman–Crippen LogP) is 1.56. The SMILES string of the molecule is C[C@H]1CC(=O)NCCN1C(=O)Nc1ccccc1N1CCCC1=O. The van der Waals surface area contributed by atoms with Gasteiger partial charge in [-0.25, -0.2) is 4.79 Å². The van der Waals surface area contributed by atoms with E-state index in [2.05, 4.69) is 10.6 Å². The van der Waals surface area contributed by atoms with Crippen molar-refractivity contribution < 1.29 is 14.4 Å². The quantitative estimate of drug-likeness (QED) is 0.863. The van der Waals surface area contributed by atoms with E-state index in [1.165, 1.54) is 0 Å². The number of para-hydroxylation sites is 2. The summed E-state index contributed by atoms with van der Waals surface area (Å²) < 4.78 is 0. The molecule has 2 saturated heterocycles. The molecule has 1 atom stereocenters. The molecule has 7 heteroatoms. The van der Waals surface area contributed by atoms with Gasteiger partial charge < -0.3 is 20.4 Å². The highest BCUT2D eigenvalue weighted by atomic mass is 16.2. The Hall–Kier alpha value is -2.57. The van der Waals surface area contributed by atoms with E-state index < -0.39 is 0 Å². The molecule has 128 valence electrons. The third kappa shape index (κ3) is 3.34. The maximum Gasteiger partial charge on any atom is 0.322 e. The molecule has 2 aliphatic rings. The zero-order chi connectivity index (χ0) is 17.1. The summed E-state index contributed by atoms with van der Waals surface area (Å²) in [5.74, 6) is 0.0375. The summed E-state index contributed by atoms with van der Waals surface area (Å²) in [5.41, 5.74) is 1.35. The Morgan fingerprint density at radius 3 is 2.79 bits per heavy atom. The molecule has 0 aromatic heterocycles. The van der Waals surface area contributed by atoms with Gasteiger partial charge in [-0.05, 0) is 25.5 Å². The first-order valence-corrected chi connectivity index (χ1v) is 8.30. The third-order valence-corrected chi connectivity index (χ3v) is 4.46. The Balaban J connectivity index is 1.77. The molecular formula is C17H22N4O3. The predicted molar refractivity (Wildman–Crippen MR) is 90.8 cm³/mol. The van der Waals surface area contributed by atoms with Crippen molar-refractivity contribution >= 4 is 29.2 Å². The van der Waals surface area contributed by atoms with E-state index in [4.69, 9.17) is 0 Å². The number of urea groups is 1. The van der Waals surface area contributed by atoms with Gasteiger partial charge in [0.1, 0.15) is 0 Å². The first kappa shape index (κ1) is 16.3. The highest BCUT2D eigenvalue weighted by molar-refractivity contribution is 6.01. The van der Waals surface area contributed by atoms with Crippen LogP contribution in [0.2, 0.25) is 0 Å². The van der Waals surface area contributed by atoms with Crippen LogP contribution >= 0.6 is 0 Å². The number of benzene rings is 1. The van der Waals surface area contributed by atoms with Crippen molar-refractivity contribution in [1.82, 2.24) is 10.2 Å². The first-order chi connectivity index (χ1) is 11.6. The lowest BCUT2D eigenvalue weighted by Gasteiger charge is -2.27. The fraction of sp³-hybridized carbons (Fsp3) is 0.471. The van der Waals surface area contributed by atoms with Crippen molar-refractivity contribution in [2.45, 2.75) is 32.2 Å². The van der Waals surface area contributed by atoms with Crippen molar-refractivity contribution in [2.24, 2.45) is 0 Å². The lowest BCUT2D eigenvalue weighted by molar-refractivity contribution is -0.121. The van der Waals surface area contributed by atoms with Gasteiger partial charge >= 0.3 is 6.03 Å². The van der Waals surface area contributed by atoms with Crippen molar-refractivity contribution in [1.29, 1.82) is 0 Å². The maximum atomic E-state index is 12.7. The van der Waals surface area contributed by atoms with Crippen LogP contribution in [-0.2, 0) is 9.59 Å². The Morgan fingerprint density at radius 1 is 1.25 bits per heavy atom. The molecule has 4 amide bonds. The van der Waals surface area contributed by atoms with Gasteiger partial charge in [0.15, 0.2) is 0 Å². The highest BCUT2D eigenvalue weighted by Crippen LogP contribution is 2.29. The topological polar surface area (TPSA) is 81.8 Å². The number of carbonyl (C=O) groups excluding carboxylic acids is 3. The van der Waals surface area contributed by atoms with Crippen LogP contribution in [0.5, 0.6) is 0 Å². The van der Waals surface area contributed by atoms with Crippen molar-refractivity contribution in [3.05, 3.63) is 24.3 Å². The van der Waals surface area contributed by atoms with E-state index in [0.717, 1.165) is 12.1 Å². The summed E-state index contributed by atoms with van der Waals surface area (Å²) in [6.07, 6.45) is 1.66. The second-order valence-corrected chi connectivity index (χ2v) is 6.19. The van der Waals surface area contributed by atoms with E-state index in [0.29, 0.717) is 38.2 Å². The lowest BCUT2D eigenvalue weighted by atomic mass is 10.2. The van der Waals surface area contributed by atoms with Crippen molar-refractivity contribution in [3.8, 4) is 0 Å². The van der Waals surface area contributed by atoms with Crippen molar-refractivity contribution in [2.75, 3.05) is 29.9 Å². The van der Waals surface area contributed by atoms with Crippen LogP contribution < -0.4 is 15.5 Å². The summed E-state index contributed by atoms with van der Waals surface area (Å²) in [6.45, 7) is 3.44. The van der Waals surface area contributed by atoms with Crippen LogP contribution in [-0.4, -0.2) is 48.4 Å². The van der Waals surface area contributed by atoms with Gasteiger partial charge in [-0.3, -0.25) is 9.59 Å². The molecule has 24 heavy (non-hydrogen) atoms. The lowest BCUT2D eigenvalue weighted by Crippen LogP contribution is -2.42. The number of amides is 4. The molecule has 1 aromatic carbocycles. The summed E-state index contributed by atoms with van der Waals surface area (Å²) >= 11 is 0. The summed E-state index contributed by atoms with van der Waals surface area (Å²) in [7, 11) is 0. The summed E-state index contributed by atoms with van der Waals surface area (Å²) in [6, 6.07) is 6.90. The van der Waals surface area contributed by atoms with E-state index in [-0.39, 0.29) is 23.9 Å². The number of hydrogen-bond donors (Lipinski definition) is 2. The Labute approximate surface area is 141 Å². The van der Waals surface area contributed by atoms with Crippen molar-refractivity contribution in [3.63, 3.8) is 0 Å². The molecule has 0 spiro atoms. The summed E-state index contributed by atoms with van der Waals surface area (Å²) in [5, 5.41) is 5.68. The van der Waals surface area contributed by atoms with Gasteiger partial charge in [-0.15, -0.1) is 0 Å². The molecule has 2 N–H and O–H groups in total. The Bertz CT molecular complexity index is 661. The average Bonchev–Trinajstić information content (AvgIpc) is 2.89. The van der Waals surface area contributed by atoms with E-state index >= 15 is 0 Å². The fourth-order valence-electron chi connectivity index (χ4n) is 3.19.